The molecule has 0 spiro atoms. The molecular weight excluding hydrogens is 252 g/mol. The van der Waals surface area contributed by atoms with Crippen molar-refractivity contribution < 1.29 is 0 Å². The van der Waals surface area contributed by atoms with Crippen LogP contribution in [0.4, 0.5) is 5.82 Å². The number of nitrogens with zero attached hydrogens (tertiary/aromatic N) is 3. The second-order valence-electron chi connectivity index (χ2n) is 3.60. The standard InChI is InChI=1S/C11H10N4S2/c1-7-9-10(12-5-8-3-2-4-16-8)13-6-14-11(9)17-15-7/h2-4,6H,5H2,1H3,(H,12,13,14). The Kier molecular flexibility index (Phi) is 2.74. The van der Waals surface area contributed by atoms with Crippen molar-refractivity contribution in [1.82, 2.24) is 14.3 Å². The summed E-state index contributed by atoms with van der Waals surface area (Å²) in [6.45, 7) is 2.78. The Morgan fingerprint density at radius 1 is 1.35 bits per heavy atom. The van der Waals surface area contributed by atoms with Gasteiger partial charge in [0.15, 0.2) is 0 Å². The van der Waals surface area contributed by atoms with Gasteiger partial charge in [-0.1, -0.05) is 6.07 Å². The molecule has 0 saturated carbocycles. The smallest absolute Gasteiger partial charge is 0.149 e. The van der Waals surface area contributed by atoms with Crippen molar-refractivity contribution in [3.05, 3.63) is 34.4 Å². The predicted octanol–water partition coefficient (Wildman–Crippen LogP) is 3.07. The maximum absolute atomic E-state index is 4.30. The van der Waals surface area contributed by atoms with E-state index in [0.29, 0.717) is 0 Å². The molecule has 0 bridgehead atoms. The second-order valence-corrected chi connectivity index (χ2v) is 5.39. The quantitative estimate of drug-likeness (QED) is 0.788. The first-order chi connectivity index (χ1) is 8.34. The number of fused-ring (bicyclic) bond motifs is 1. The number of anilines is 1. The lowest BCUT2D eigenvalue weighted by molar-refractivity contribution is 1.13. The van der Waals surface area contributed by atoms with Crippen molar-refractivity contribution >= 4 is 38.9 Å². The molecule has 4 nitrogen and oxygen atoms in total. The topological polar surface area (TPSA) is 50.7 Å². The lowest BCUT2D eigenvalue weighted by Gasteiger charge is -2.04. The third-order valence-corrected chi connectivity index (χ3v) is 4.18. The molecule has 0 amide bonds. The summed E-state index contributed by atoms with van der Waals surface area (Å²) in [6, 6.07) is 4.16. The molecule has 0 aliphatic heterocycles. The van der Waals surface area contributed by atoms with E-state index in [9.17, 15) is 0 Å². The highest BCUT2D eigenvalue weighted by Gasteiger charge is 2.09. The van der Waals surface area contributed by atoms with Crippen molar-refractivity contribution in [3.63, 3.8) is 0 Å². The van der Waals surface area contributed by atoms with Gasteiger partial charge in [-0.25, -0.2) is 9.97 Å². The van der Waals surface area contributed by atoms with E-state index in [2.05, 4.69) is 37.2 Å². The molecular formula is C11H10N4S2. The molecule has 6 heteroatoms. The van der Waals surface area contributed by atoms with Crippen LogP contribution in [0.25, 0.3) is 10.2 Å². The summed E-state index contributed by atoms with van der Waals surface area (Å²) in [5.41, 5.74) is 0.985. The first-order valence-corrected chi connectivity index (χ1v) is 6.83. The van der Waals surface area contributed by atoms with E-state index < -0.39 is 0 Å². The summed E-state index contributed by atoms with van der Waals surface area (Å²) in [7, 11) is 0. The number of rotatable bonds is 3. The normalized spacial score (nSPS) is 10.9. The van der Waals surface area contributed by atoms with Gasteiger partial charge in [-0.3, -0.25) is 0 Å². The van der Waals surface area contributed by atoms with Gasteiger partial charge in [0.2, 0.25) is 0 Å². The minimum atomic E-state index is 0.791. The summed E-state index contributed by atoms with van der Waals surface area (Å²) in [5.74, 6) is 0.870. The monoisotopic (exact) mass is 262 g/mol. The maximum atomic E-state index is 4.30. The van der Waals surface area contributed by atoms with Gasteiger partial charge in [0.05, 0.1) is 17.6 Å². The van der Waals surface area contributed by atoms with Gasteiger partial charge in [0.1, 0.15) is 17.0 Å². The summed E-state index contributed by atoms with van der Waals surface area (Å²) in [5, 5.41) is 6.45. The summed E-state index contributed by atoms with van der Waals surface area (Å²) >= 11 is 3.15. The molecule has 3 heterocycles. The SMILES string of the molecule is Cc1nsc2ncnc(NCc3cccs3)c12. The van der Waals surface area contributed by atoms with E-state index in [4.69, 9.17) is 0 Å². The highest BCUT2D eigenvalue weighted by molar-refractivity contribution is 7.13. The number of nitrogens with one attached hydrogen (secondary N) is 1. The van der Waals surface area contributed by atoms with Crippen LogP contribution in [0, 0.1) is 6.92 Å². The van der Waals surface area contributed by atoms with Gasteiger partial charge in [-0.2, -0.15) is 4.37 Å². The van der Waals surface area contributed by atoms with Crippen LogP contribution < -0.4 is 5.32 Å². The third-order valence-electron chi connectivity index (χ3n) is 2.45. The van der Waals surface area contributed by atoms with Gasteiger partial charge >= 0.3 is 0 Å². The van der Waals surface area contributed by atoms with E-state index in [-0.39, 0.29) is 0 Å². The maximum Gasteiger partial charge on any atom is 0.149 e. The van der Waals surface area contributed by atoms with Gasteiger partial charge in [0, 0.05) is 4.88 Å². The Morgan fingerprint density at radius 2 is 2.29 bits per heavy atom. The highest BCUT2D eigenvalue weighted by atomic mass is 32.1. The van der Waals surface area contributed by atoms with Gasteiger partial charge < -0.3 is 5.32 Å². The molecule has 0 saturated heterocycles. The third kappa shape index (κ3) is 2.01. The van der Waals surface area contributed by atoms with Crippen LogP contribution in [0.3, 0.4) is 0 Å². The fraction of sp³-hybridized carbons (Fsp3) is 0.182. The van der Waals surface area contributed by atoms with Crippen LogP contribution in [-0.2, 0) is 6.54 Å². The number of hydrogen-bond acceptors (Lipinski definition) is 6. The molecule has 0 unspecified atom stereocenters. The molecule has 3 rings (SSSR count). The summed E-state index contributed by atoms with van der Waals surface area (Å²) in [6.07, 6.45) is 1.58. The zero-order chi connectivity index (χ0) is 11.7. The number of aryl methyl sites for hydroxylation is 1. The molecule has 17 heavy (non-hydrogen) atoms. The number of thiophene rings is 1. The Morgan fingerprint density at radius 3 is 3.12 bits per heavy atom. The number of aromatic nitrogens is 3. The van der Waals surface area contributed by atoms with E-state index in [0.717, 1.165) is 28.3 Å². The Labute approximate surface area is 107 Å². The lowest BCUT2D eigenvalue weighted by Crippen LogP contribution is -2.00. The molecule has 86 valence electrons. The van der Waals surface area contributed by atoms with Gasteiger partial charge in [-0.05, 0) is 29.9 Å². The summed E-state index contributed by atoms with van der Waals surface area (Å²) < 4.78 is 4.30. The van der Waals surface area contributed by atoms with Crippen molar-refractivity contribution in [2.75, 3.05) is 5.32 Å². The molecule has 0 fully saturated rings. The largest absolute Gasteiger partial charge is 0.364 e. The molecule has 0 aliphatic rings. The van der Waals surface area contributed by atoms with Crippen LogP contribution in [-0.4, -0.2) is 14.3 Å². The fourth-order valence-corrected chi connectivity index (χ4v) is 3.03. The molecule has 0 aromatic carbocycles. The molecule has 3 aromatic heterocycles. The van der Waals surface area contributed by atoms with E-state index in [1.54, 1.807) is 17.7 Å². The zero-order valence-electron chi connectivity index (χ0n) is 9.17. The van der Waals surface area contributed by atoms with Crippen LogP contribution in [0.15, 0.2) is 23.8 Å². The van der Waals surface area contributed by atoms with Crippen LogP contribution >= 0.6 is 22.9 Å². The van der Waals surface area contributed by atoms with Crippen molar-refractivity contribution in [3.8, 4) is 0 Å². The van der Waals surface area contributed by atoms with Crippen LogP contribution in [0.1, 0.15) is 10.6 Å². The first kappa shape index (κ1) is 10.6. The van der Waals surface area contributed by atoms with Gasteiger partial charge in [-0.15, -0.1) is 11.3 Å². The molecule has 0 atom stereocenters. The van der Waals surface area contributed by atoms with Gasteiger partial charge in [0.25, 0.3) is 0 Å². The Bertz CT molecular complexity index is 630. The van der Waals surface area contributed by atoms with Crippen LogP contribution in [0.5, 0.6) is 0 Å². The average molecular weight is 262 g/mol. The predicted molar refractivity (Wildman–Crippen MR) is 71.6 cm³/mol. The van der Waals surface area contributed by atoms with Crippen molar-refractivity contribution in [2.45, 2.75) is 13.5 Å². The molecule has 3 aromatic rings. The Balaban J connectivity index is 1.92. The minimum Gasteiger partial charge on any atom is -0.364 e. The molecule has 1 N–H and O–H groups in total. The first-order valence-electron chi connectivity index (χ1n) is 5.18. The van der Waals surface area contributed by atoms with Crippen molar-refractivity contribution in [2.24, 2.45) is 0 Å². The highest BCUT2D eigenvalue weighted by Crippen LogP contribution is 2.26. The fourth-order valence-electron chi connectivity index (χ4n) is 1.64. The minimum absolute atomic E-state index is 0.791. The van der Waals surface area contributed by atoms with E-state index in [1.807, 2.05) is 6.92 Å². The zero-order valence-corrected chi connectivity index (χ0v) is 10.8. The average Bonchev–Trinajstić information content (AvgIpc) is 2.97. The second kappa shape index (κ2) is 4.38. The Hall–Kier alpha value is -1.53. The van der Waals surface area contributed by atoms with E-state index >= 15 is 0 Å². The van der Waals surface area contributed by atoms with Crippen LogP contribution in [0.2, 0.25) is 0 Å². The van der Waals surface area contributed by atoms with E-state index in [1.165, 1.54) is 16.4 Å². The summed E-state index contributed by atoms with van der Waals surface area (Å²) in [4.78, 5) is 10.7. The number of hydrogen-bond donors (Lipinski definition) is 1. The lowest BCUT2D eigenvalue weighted by atomic mass is 10.3. The molecule has 0 aliphatic carbocycles. The molecule has 0 radical (unpaired) electrons. The van der Waals surface area contributed by atoms with Crippen molar-refractivity contribution in [1.29, 1.82) is 0 Å².